The van der Waals surface area contributed by atoms with Gasteiger partial charge in [-0.05, 0) is 0 Å². The summed E-state index contributed by atoms with van der Waals surface area (Å²) >= 11 is 2.86. The van der Waals surface area contributed by atoms with Gasteiger partial charge in [0.25, 0.3) is 0 Å². The molecule has 0 saturated carbocycles. The maximum atomic E-state index is 9.82. The van der Waals surface area contributed by atoms with Gasteiger partial charge in [0.1, 0.15) is 11.2 Å². The lowest BCUT2D eigenvalue weighted by atomic mass is 10.6. The number of aldehydes is 1. The molecule has 0 aliphatic heterocycles. The summed E-state index contributed by atoms with van der Waals surface area (Å²) < 4.78 is 0. The first-order chi connectivity index (χ1) is 4.16. The zero-order valence-corrected chi connectivity index (χ0v) is 6.09. The second-order valence-corrected chi connectivity index (χ2v) is 2.30. The third-order valence-corrected chi connectivity index (χ3v) is 1.11. The molecule has 5 heteroatoms. The number of aliphatic carboxylic acids is 1. The lowest BCUT2D eigenvalue weighted by Gasteiger charge is -1.99. The van der Waals surface area contributed by atoms with Crippen molar-refractivity contribution in [3.8, 4) is 0 Å². The summed E-state index contributed by atoms with van der Waals surface area (Å²) in [5.41, 5.74) is 0. The minimum atomic E-state index is -0.985. The minimum Gasteiger partial charge on any atom is -0.480 e. The van der Waals surface area contributed by atoms with E-state index in [1.165, 1.54) is 0 Å². The molecule has 52 valence electrons. The summed E-state index contributed by atoms with van der Waals surface area (Å²) in [6, 6.07) is 0. The van der Waals surface area contributed by atoms with Crippen molar-refractivity contribution in [3.05, 3.63) is 0 Å². The Morgan fingerprint density at radius 3 is 2.78 bits per heavy atom. The second kappa shape index (κ2) is 4.46. The highest BCUT2D eigenvalue weighted by molar-refractivity contribution is 9.09. The van der Waals surface area contributed by atoms with Crippen LogP contribution < -0.4 is 5.32 Å². The molecule has 0 aromatic rings. The van der Waals surface area contributed by atoms with E-state index >= 15 is 0 Å². The van der Waals surface area contributed by atoms with Crippen molar-refractivity contribution in [3.63, 3.8) is 0 Å². The molecule has 1 atom stereocenters. The molecule has 0 rings (SSSR count). The Bertz CT molecular complexity index is 116. The number of halogens is 1. The number of carboxylic acid groups (broad SMARTS) is 1. The van der Waals surface area contributed by atoms with E-state index < -0.39 is 10.9 Å². The fraction of sp³-hybridized carbons (Fsp3) is 0.500. The number of hydrogen-bond acceptors (Lipinski definition) is 3. The fourth-order valence-corrected chi connectivity index (χ4v) is 0.395. The van der Waals surface area contributed by atoms with Gasteiger partial charge in [-0.15, -0.1) is 0 Å². The van der Waals surface area contributed by atoms with Crippen molar-refractivity contribution in [1.29, 1.82) is 0 Å². The van der Waals surface area contributed by atoms with Crippen molar-refractivity contribution in [2.24, 2.45) is 0 Å². The number of carboxylic acids is 1. The van der Waals surface area contributed by atoms with Crippen LogP contribution in [0.3, 0.4) is 0 Å². The Hall–Kier alpha value is -0.420. The maximum absolute atomic E-state index is 9.82. The van der Waals surface area contributed by atoms with Crippen molar-refractivity contribution in [2.75, 3.05) is 6.54 Å². The first kappa shape index (κ1) is 8.58. The lowest BCUT2D eigenvalue weighted by Crippen LogP contribution is -2.29. The Balaban J connectivity index is 3.26. The van der Waals surface area contributed by atoms with Gasteiger partial charge in [-0.3, -0.25) is 10.1 Å². The first-order valence-corrected chi connectivity index (χ1v) is 3.13. The Labute approximate surface area is 60.4 Å². The van der Waals surface area contributed by atoms with Gasteiger partial charge in [0.05, 0.1) is 6.54 Å². The van der Waals surface area contributed by atoms with Gasteiger partial charge >= 0.3 is 5.97 Å². The SMILES string of the molecule is O=CC(Br)NCC(=O)O. The number of rotatable bonds is 4. The molecule has 9 heavy (non-hydrogen) atoms. The highest BCUT2D eigenvalue weighted by atomic mass is 79.9. The molecule has 2 N–H and O–H groups in total. The highest BCUT2D eigenvalue weighted by Crippen LogP contribution is 1.86. The average molecular weight is 196 g/mol. The molecule has 0 saturated heterocycles. The predicted molar refractivity (Wildman–Crippen MR) is 34.4 cm³/mol. The van der Waals surface area contributed by atoms with Crippen LogP contribution in [-0.2, 0) is 9.59 Å². The number of alkyl halides is 1. The molecule has 0 fully saturated rings. The first-order valence-electron chi connectivity index (χ1n) is 2.21. The maximum Gasteiger partial charge on any atom is 0.317 e. The van der Waals surface area contributed by atoms with Crippen LogP contribution in [-0.4, -0.2) is 28.9 Å². The quantitative estimate of drug-likeness (QED) is 0.364. The van der Waals surface area contributed by atoms with Crippen molar-refractivity contribution >= 4 is 28.2 Å². The van der Waals surface area contributed by atoms with E-state index in [2.05, 4.69) is 21.2 Å². The van der Waals surface area contributed by atoms with Crippen molar-refractivity contribution < 1.29 is 14.7 Å². The monoisotopic (exact) mass is 195 g/mol. The van der Waals surface area contributed by atoms with Crippen LogP contribution >= 0.6 is 15.9 Å². The summed E-state index contributed by atoms with van der Waals surface area (Å²) in [6.07, 6.45) is 0.572. The van der Waals surface area contributed by atoms with E-state index in [1.54, 1.807) is 0 Å². The van der Waals surface area contributed by atoms with Crippen LogP contribution in [0, 0.1) is 0 Å². The van der Waals surface area contributed by atoms with Gasteiger partial charge in [0.2, 0.25) is 0 Å². The molecule has 0 aliphatic rings. The van der Waals surface area contributed by atoms with E-state index in [9.17, 15) is 9.59 Å². The van der Waals surface area contributed by atoms with Gasteiger partial charge in [0.15, 0.2) is 0 Å². The Morgan fingerprint density at radius 1 is 1.89 bits per heavy atom. The van der Waals surface area contributed by atoms with E-state index in [0.29, 0.717) is 6.29 Å². The summed E-state index contributed by atoms with van der Waals surface area (Å²) in [5.74, 6) is -0.985. The average Bonchev–Trinajstić information content (AvgIpc) is 1.83. The van der Waals surface area contributed by atoms with E-state index in [-0.39, 0.29) is 6.54 Å². The third kappa shape index (κ3) is 5.45. The molecule has 0 aromatic carbocycles. The van der Waals surface area contributed by atoms with Crippen LogP contribution in [0.15, 0.2) is 0 Å². The third-order valence-electron chi connectivity index (χ3n) is 0.568. The normalized spacial score (nSPS) is 12.6. The molecule has 0 radical (unpaired) electrons. The van der Waals surface area contributed by atoms with Gasteiger partial charge in [-0.2, -0.15) is 0 Å². The molecule has 0 bridgehead atoms. The standard InChI is InChI=1S/C4H6BrNO3/c5-3(2-7)6-1-4(8)9/h2-3,6H,1H2,(H,8,9). The molecule has 0 heterocycles. The molecule has 0 amide bonds. The summed E-state index contributed by atoms with van der Waals surface area (Å²) in [6.45, 7) is -0.214. The number of carbonyl (C=O) groups is 2. The summed E-state index contributed by atoms with van der Waals surface area (Å²) in [4.78, 5) is 19.1. The molecular formula is C4H6BrNO3. The largest absolute Gasteiger partial charge is 0.480 e. The number of hydrogen-bond donors (Lipinski definition) is 2. The zero-order chi connectivity index (χ0) is 7.28. The molecule has 0 spiro atoms. The van der Waals surface area contributed by atoms with Gasteiger partial charge in [-0.25, -0.2) is 0 Å². The minimum absolute atomic E-state index is 0.214. The van der Waals surface area contributed by atoms with Gasteiger partial charge in [0, 0.05) is 0 Å². The Morgan fingerprint density at radius 2 is 2.44 bits per heavy atom. The summed E-state index contributed by atoms with van der Waals surface area (Å²) in [7, 11) is 0. The van der Waals surface area contributed by atoms with E-state index in [4.69, 9.17) is 5.11 Å². The highest BCUT2D eigenvalue weighted by Gasteiger charge is 2.01. The van der Waals surface area contributed by atoms with Crippen LogP contribution in [0.5, 0.6) is 0 Å². The Kier molecular flexibility index (Phi) is 4.25. The fourth-order valence-electron chi connectivity index (χ4n) is 0.233. The number of nitrogens with one attached hydrogen (secondary N) is 1. The van der Waals surface area contributed by atoms with Gasteiger partial charge < -0.3 is 9.90 Å². The zero-order valence-electron chi connectivity index (χ0n) is 4.50. The molecule has 0 aromatic heterocycles. The predicted octanol–water partition coefficient (Wildman–Crippen LogP) is -0.420. The second-order valence-electron chi connectivity index (χ2n) is 1.31. The summed E-state index contributed by atoms with van der Waals surface area (Å²) in [5, 5.41) is 10.4. The van der Waals surface area contributed by atoms with E-state index in [0.717, 1.165) is 0 Å². The van der Waals surface area contributed by atoms with E-state index in [1.807, 2.05) is 0 Å². The molecule has 4 nitrogen and oxygen atoms in total. The molecular weight excluding hydrogens is 190 g/mol. The van der Waals surface area contributed by atoms with Crippen LogP contribution in [0.4, 0.5) is 0 Å². The lowest BCUT2D eigenvalue weighted by molar-refractivity contribution is -0.135. The van der Waals surface area contributed by atoms with Crippen molar-refractivity contribution in [1.82, 2.24) is 5.32 Å². The van der Waals surface area contributed by atoms with Crippen molar-refractivity contribution in [2.45, 2.75) is 4.95 Å². The van der Waals surface area contributed by atoms with Crippen LogP contribution in [0.25, 0.3) is 0 Å². The van der Waals surface area contributed by atoms with Gasteiger partial charge in [-0.1, -0.05) is 15.9 Å². The molecule has 0 aliphatic carbocycles. The smallest absolute Gasteiger partial charge is 0.317 e. The topological polar surface area (TPSA) is 66.4 Å². The van der Waals surface area contributed by atoms with Crippen LogP contribution in [0.2, 0.25) is 0 Å². The molecule has 1 unspecified atom stereocenters. The number of carbonyl (C=O) groups excluding carboxylic acids is 1. The van der Waals surface area contributed by atoms with Crippen LogP contribution in [0.1, 0.15) is 0 Å².